The van der Waals surface area contributed by atoms with E-state index in [1.165, 1.54) is 16.7 Å². The summed E-state index contributed by atoms with van der Waals surface area (Å²) >= 11 is 6.91. The Bertz CT molecular complexity index is 1380. The number of thioether (sulfide) groups is 1. The molecule has 0 aliphatic carbocycles. The van der Waals surface area contributed by atoms with E-state index in [0.717, 1.165) is 17.8 Å². The van der Waals surface area contributed by atoms with Crippen LogP contribution < -0.4 is 10.9 Å². The van der Waals surface area contributed by atoms with Crippen molar-refractivity contribution in [1.82, 2.24) is 19.2 Å². The van der Waals surface area contributed by atoms with Crippen molar-refractivity contribution in [2.75, 3.05) is 5.32 Å². The van der Waals surface area contributed by atoms with Gasteiger partial charge in [0.05, 0.1) is 21.8 Å². The van der Waals surface area contributed by atoms with Crippen molar-refractivity contribution >= 4 is 51.6 Å². The summed E-state index contributed by atoms with van der Waals surface area (Å²) in [5, 5.41) is 11.5. The van der Waals surface area contributed by atoms with Crippen LogP contribution in [0.25, 0.3) is 16.7 Å². The summed E-state index contributed by atoms with van der Waals surface area (Å²) in [6, 6.07) is 11.1. The number of hydrogen-bond acceptors (Lipinski definition) is 5. The molecule has 2 aromatic heterocycles. The summed E-state index contributed by atoms with van der Waals surface area (Å²) in [6.07, 6.45) is 1.61. The van der Waals surface area contributed by atoms with Crippen molar-refractivity contribution in [2.45, 2.75) is 23.9 Å². The number of nitrogens with one attached hydrogen (secondary N) is 1. The lowest BCUT2D eigenvalue weighted by atomic mass is 10.2. The van der Waals surface area contributed by atoms with Crippen LogP contribution in [0.1, 0.15) is 6.92 Å². The monoisotopic (exact) mass is 457 g/mol. The topological polar surface area (TPSA) is 81.3 Å². The number of halogens is 2. The number of allylic oxidation sites excluding steroid dienone is 1. The zero-order valence-electron chi connectivity index (χ0n) is 16.4. The van der Waals surface area contributed by atoms with Gasteiger partial charge in [-0.05, 0) is 37.3 Å². The molecule has 0 spiro atoms. The van der Waals surface area contributed by atoms with Gasteiger partial charge in [0.15, 0.2) is 5.16 Å². The largest absolute Gasteiger partial charge is 0.323 e. The van der Waals surface area contributed by atoms with E-state index >= 15 is 0 Å². The van der Waals surface area contributed by atoms with Crippen molar-refractivity contribution in [3.8, 4) is 0 Å². The Labute approximate surface area is 185 Å². The van der Waals surface area contributed by atoms with E-state index in [4.69, 9.17) is 11.6 Å². The molecule has 2 aromatic carbocycles. The quantitative estimate of drug-likeness (QED) is 0.347. The lowest BCUT2D eigenvalue weighted by Crippen LogP contribution is -2.24. The van der Waals surface area contributed by atoms with Crippen LogP contribution in [0.15, 0.2) is 65.1 Å². The number of hydrogen-bond donors (Lipinski definition) is 1. The molecule has 10 heteroatoms. The molecule has 0 saturated heterocycles. The molecule has 0 aliphatic rings. The number of nitrogens with zero attached hydrogens (tertiary/aromatic N) is 4. The van der Waals surface area contributed by atoms with Crippen LogP contribution in [0.4, 0.5) is 10.1 Å². The van der Waals surface area contributed by atoms with E-state index < -0.39 is 17.0 Å². The van der Waals surface area contributed by atoms with Gasteiger partial charge in [-0.3, -0.25) is 18.6 Å². The highest BCUT2D eigenvalue weighted by Gasteiger charge is 2.22. The lowest BCUT2D eigenvalue weighted by molar-refractivity contribution is -0.115. The van der Waals surface area contributed by atoms with Crippen molar-refractivity contribution in [3.63, 3.8) is 0 Å². The van der Waals surface area contributed by atoms with Crippen LogP contribution in [-0.2, 0) is 11.3 Å². The van der Waals surface area contributed by atoms with Crippen LogP contribution in [-0.4, -0.2) is 30.3 Å². The second-order valence-electron chi connectivity index (χ2n) is 6.71. The number of para-hydroxylation sites is 1. The Balaban J connectivity index is 1.71. The SMILES string of the molecule is C=CCn1c(=O)c2ccccc2n2c(SC(C)C(=O)Nc3ccc(Cl)cc3F)nnc12. The van der Waals surface area contributed by atoms with Crippen molar-refractivity contribution in [2.24, 2.45) is 0 Å². The molecule has 7 nitrogen and oxygen atoms in total. The second kappa shape index (κ2) is 8.52. The smallest absolute Gasteiger partial charge is 0.263 e. The minimum Gasteiger partial charge on any atom is -0.323 e. The first-order chi connectivity index (χ1) is 14.9. The highest BCUT2D eigenvalue weighted by atomic mass is 35.5. The number of aromatic nitrogens is 4. The molecule has 0 bridgehead atoms. The van der Waals surface area contributed by atoms with Gasteiger partial charge in [0, 0.05) is 11.6 Å². The zero-order chi connectivity index (χ0) is 22.1. The first-order valence-electron chi connectivity index (χ1n) is 9.31. The van der Waals surface area contributed by atoms with Gasteiger partial charge in [-0.15, -0.1) is 16.8 Å². The van der Waals surface area contributed by atoms with E-state index in [1.54, 1.807) is 35.6 Å². The highest BCUT2D eigenvalue weighted by Crippen LogP contribution is 2.26. The number of carbonyl (C=O) groups is 1. The van der Waals surface area contributed by atoms with Gasteiger partial charge in [-0.2, -0.15) is 0 Å². The van der Waals surface area contributed by atoms with Crippen molar-refractivity contribution < 1.29 is 9.18 Å². The average molecular weight is 458 g/mol. The summed E-state index contributed by atoms with van der Waals surface area (Å²) in [7, 11) is 0. The predicted molar refractivity (Wildman–Crippen MR) is 120 cm³/mol. The van der Waals surface area contributed by atoms with Crippen molar-refractivity contribution in [1.29, 1.82) is 0 Å². The molecule has 158 valence electrons. The van der Waals surface area contributed by atoms with E-state index in [9.17, 15) is 14.0 Å². The van der Waals surface area contributed by atoms with Gasteiger partial charge in [0.2, 0.25) is 11.7 Å². The molecule has 0 fully saturated rings. The van der Waals surface area contributed by atoms with E-state index in [2.05, 4.69) is 22.1 Å². The third kappa shape index (κ3) is 3.94. The maximum atomic E-state index is 14.0. The van der Waals surface area contributed by atoms with Gasteiger partial charge < -0.3 is 5.32 Å². The molecule has 1 atom stereocenters. The van der Waals surface area contributed by atoms with E-state index in [-0.39, 0.29) is 22.8 Å². The van der Waals surface area contributed by atoms with Crippen molar-refractivity contribution in [3.05, 3.63) is 76.3 Å². The molecule has 1 unspecified atom stereocenters. The number of fused-ring (bicyclic) bond motifs is 3. The minimum atomic E-state index is -0.624. The Morgan fingerprint density at radius 2 is 2.10 bits per heavy atom. The summed E-state index contributed by atoms with van der Waals surface area (Å²) in [6.45, 7) is 5.64. The van der Waals surface area contributed by atoms with Gasteiger partial charge in [0.1, 0.15) is 5.82 Å². The first kappa shape index (κ1) is 21.1. The minimum absolute atomic E-state index is 0.0400. The predicted octanol–water partition coefficient (Wildman–Crippen LogP) is 4.14. The fourth-order valence-electron chi connectivity index (χ4n) is 3.14. The van der Waals surface area contributed by atoms with Gasteiger partial charge in [-0.25, -0.2) is 4.39 Å². The lowest BCUT2D eigenvalue weighted by Gasteiger charge is -2.13. The normalized spacial score (nSPS) is 12.2. The Morgan fingerprint density at radius 1 is 1.32 bits per heavy atom. The zero-order valence-corrected chi connectivity index (χ0v) is 18.0. The van der Waals surface area contributed by atoms with Crippen LogP contribution in [0, 0.1) is 5.82 Å². The average Bonchev–Trinajstić information content (AvgIpc) is 3.16. The third-order valence-corrected chi connectivity index (χ3v) is 5.91. The fourth-order valence-corrected chi connectivity index (χ4v) is 4.15. The van der Waals surface area contributed by atoms with Crippen LogP contribution in [0.5, 0.6) is 0 Å². The van der Waals surface area contributed by atoms with E-state index in [1.807, 2.05) is 6.07 Å². The molecule has 4 rings (SSSR count). The highest BCUT2D eigenvalue weighted by molar-refractivity contribution is 8.00. The third-order valence-electron chi connectivity index (χ3n) is 4.63. The summed E-state index contributed by atoms with van der Waals surface area (Å²) < 4.78 is 17.2. The number of carbonyl (C=O) groups excluding carboxylic acids is 1. The molecule has 31 heavy (non-hydrogen) atoms. The molecule has 0 radical (unpaired) electrons. The second-order valence-corrected chi connectivity index (χ2v) is 8.46. The summed E-state index contributed by atoms with van der Waals surface area (Å²) in [5.74, 6) is -0.681. The maximum absolute atomic E-state index is 14.0. The number of anilines is 1. The first-order valence-corrected chi connectivity index (χ1v) is 10.6. The van der Waals surface area contributed by atoms with Crippen LogP contribution in [0.2, 0.25) is 5.02 Å². The molecule has 1 amide bonds. The standard InChI is InChI=1S/C21H17ClFN5O2S/c1-3-10-27-19(30)14-6-4-5-7-17(14)28-20(27)25-26-21(28)31-12(2)18(29)24-16-9-8-13(22)11-15(16)23/h3-9,11-12H,1,10H2,2H3,(H,24,29). The Kier molecular flexibility index (Phi) is 5.79. The Hall–Kier alpha value is -3.17. The Morgan fingerprint density at radius 3 is 2.84 bits per heavy atom. The summed E-state index contributed by atoms with van der Waals surface area (Å²) in [4.78, 5) is 25.5. The maximum Gasteiger partial charge on any atom is 0.263 e. The summed E-state index contributed by atoms with van der Waals surface area (Å²) in [5.41, 5.74) is 0.473. The van der Waals surface area contributed by atoms with Gasteiger partial charge in [-0.1, -0.05) is 41.6 Å². The van der Waals surface area contributed by atoms with Crippen LogP contribution in [0.3, 0.4) is 0 Å². The molecule has 0 saturated carbocycles. The molecular formula is C21H17ClFN5O2S. The van der Waals surface area contributed by atoms with E-state index in [0.29, 0.717) is 21.8 Å². The molecule has 0 aliphatic heterocycles. The number of rotatable bonds is 6. The van der Waals surface area contributed by atoms with Gasteiger partial charge >= 0.3 is 0 Å². The molecule has 2 heterocycles. The van der Waals surface area contributed by atoms with Gasteiger partial charge in [0.25, 0.3) is 5.56 Å². The molecule has 1 N–H and O–H groups in total. The number of benzene rings is 2. The molecule has 4 aromatic rings. The molecular weight excluding hydrogens is 441 g/mol. The van der Waals surface area contributed by atoms with Crippen LogP contribution >= 0.6 is 23.4 Å². The number of amides is 1. The fraction of sp³-hybridized carbons (Fsp3) is 0.143.